The van der Waals surface area contributed by atoms with Gasteiger partial charge in [-0.2, -0.15) is 0 Å². The van der Waals surface area contributed by atoms with Crippen molar-refractivity contribution in [1.29, 1.82) is 0 Å². The fraction of sp³-hybridized carbons (Fsp3) is 1.00. The highest BCUT2D eigenvalue weighted by atomic mass is 32.2. The van der Waals surface area contributed by atoms with Crippen LogP contribution >= 0.6 is 23.9 Å². The summed E-state index contributed by atoms with van der Waals surface area (Å²) in [6.07, 6.45) is 5.35. The molecule has 0 amide bonds. The summed E-state index contributed by atoms with van der Waals surface area (Å²) in [5.74, 6) is 2.61. The molecule has 4 heteroatoms. The minimum Gasteiger partial charge on any atom is -0.248 e. The van der Waals surface area contributed by atoms with E-state index < -0.39 is 0 Å². The molecule has 0 unspecified atom stereocenters. The van der Waals surface area contributed by atoms with Gasteiger partial charge in [-0.25, -0.2) is 8.61 Å². The minimum absolute atomic E-state index is 1.24. The zero-order valence-corrected chi connectivity index (χ0v) is 12.4. The number of nitrogens with zero attached hydrogens (tertiary/aromatic N) is 2. The third-order valence-electron chi connectivity index (χ3n) is 2.74. The third-order valence-corrected chi connectivity index (χ3v) is 5.14. The van der Waals surface area contributed by atoms with Crippen LogP contribution in [0.25, 0.3) is 0 Å². The van der Waals surface area contributed by atoms with Crippen LogP contribution in [0.15, 0.2) is 0 Å². The molecule has 0 aliphatic carbocycles. The molecule has 1 fully saturated rings. The number of hydrogen-bond acceptors (Lipinski definition) is 4. The Morgan fingerprint density at radius 1 is 0.750 bits per heavy atom. The topological polar surface area (TPSA) is 6.48 Å². The molecule has 0 bridgehead atoms. The molecule has 1 saturated heterocycles. The molecule has 0 aromatic heterocycles. The summed E-state index contributed by atoms with van der Waals surface area (Å²) in [5, 5.41) is 0. The third kappa shape index (κ3) is 6.38. The van der Waals surface area contributed by atoms with Crippen LogP contribution in [0.5, 0.6) is 0 Å². The predicted octanol–water partition coefficient (Wildman–Crippen LogP) is 3.50. The van der Waals surface area contributed by atoms with Crippen LogP contribution in [-0.4, -0.2) is 46.3 Å². The van der Waals surface area contributed by atoms with E-state index in [-0.39, 0.29) is 0 Å². The van der Waals surface area contributed by atoms with Gasteiger partial charge in [0.05, 0.1) is 0 Å². The molecule has 0 radical (unpaired) electrons. The van der Waals surface area contributed by atoms with Crippen LogP contribution in [0.2, 0.25) is 0 Å². The summed E-state index contributed by atoms with van der Waals surface area (Å²) >= 11 is 4.10. The van der Waals surface area contributed by atoms with E-state index >= 15 is 0 Å². The van der Waals surface area contributed by atoms with Gasteiger partial charge in [0.15, 0.2) is 0 Å². The molecular weight excluding hydrogens is 236 g/mol. The Bertz CT molecular complexity index is 141. The maximum Gasteiger partial charge on any atom is 0.0227 e. The van der Waals surface area contributed by atoms with E-state index in [0.717, 1.165) is 0 Å². The van der Waals surface area contributed by atoms with Crippen molar-refractivity contribution in [3.05, 3.63) is 0 Å². The van der Waals surface area contributed by atoms with Crippen molar-refractivity contribution in [3.8, 4) is 0 Å². The number of rotatable bonds is 8. The minimum atomic E-state index is 1.24. The monoisotopic (exact) mass is 262 g/mol. The zero-order chi connectivity index (χ0) is 11.6. The number of piperazine rings is 1. The lowest BCUT2D eigenvalue weighted by molar-refractivity contribution is 0.308. The Kier molecular flexibility index (Phi) is 8.84. The Labute approximate surface area is 110 Å². The first-order chi connectivity index (χ1) is 7.86. The summed E-state index contributed by atoms with van der Waals surface area (Å²) < 4.78 is 5.10. The highest BCUT2D eigenvalue weighted by Crippen LogP contribution is 2.20. The molecule has 0 aromatic carbocycles. The van der Waals surface area contributed by atoms with Crippen LogP contribution in [0, 0.1) is 0 Å². The van der Waals surface area contributed by atoms with Gasteiger partial charge in [-0.1, -0.05) is 50.6 Å². The SMILES string of the molecule is CCCCSN1CCN(SCCCC)CC1. The summed E-state index contributed by atoms with van der Waals surface area (Å²) in [6.45, 7) is 9.51. The Hall–Kier alpha value is 0.620. The van der Waals surface area contributed by atoms with Gasteiger partial charge in [0.1, 0.15) is 0 Å². The van der Waals surface area contributed by atoms with Crippen molar-refractivity contribution in [2.24, 2.45) is 0 Å². The van der Waals surface area contributed by atoms with Gasteiger partial charge in [0.2, 0.25) is 0 Å². The quantitative estimate of drug-likeness (QED) is 0.488. The van der Waals surface area contributed by atoms with E-state index in [9.17, 15) is 0 Å². The molecule has 0 aromatic rings. The first-order valence-corrected chi connectivity index (χ1v) is 8.51. The zero-order valence-electron chi connectivity index (χ0n) is 10.8. The average molecular weight is 262 g/mol. The van der Waals surface area contributed by atoms with E-state index in [1.807, 2.05) is 23.9 Å². The molecule has 2 nitrogen and oxygen atoms in total. The highest BCUT2D eigenvalue weighted by Gasteiger charge is 2.16. The lowest BCUT2D eigenvalue weighted by Gasteiger charge is -2.33. The van der Waals surface area contributed by atoms with Gasteiger partial charge in [0.25, 0.3) is 0 Å². The molecule has 1 aliphatic rings. The van der Waals surface area contributed by atoms with Crippen molar-refractivity contribution < 1.29 is 0 Å². The standard InChI is InChI=1S/C12H26N2S2/c1-3-5-11-15-13-7-9-14(10-8-13)16-12-6-4-2/h3-12H2,1-2H3. The lowest BCUT2D eigenvalue weighted by Crippen LogP contribution is -2.40. The Morgan fingerprint density at radius 2 is 1.12 bits per heavy atom. The van der Waals surface area contributed by atoms with E-state index in [0.29, 0.717) is 0 Å². The molecule has 96 valence electrons. The normalized spacial score (nSPS) is 19.1. The maximum absolute atomic E-state index is 2.55. The van der Waals surface area contributed by atoms with Gasteiger partial charge < -0.3 is 0 Å². The van der Waals surface area contributed by atoms with Crippen LogP contribution in [0.3, 0.4) is 0 Å². The van der Waals surface area contributed by atoms with Crippen molar-refractivity contribution in [2.75, 3.05) is 37.7 Å². The fourth-order valence-electron chi connectivity index (χ4n) is 1.60. The second-order valence-corrected chi connectivity index (χ2v) is 6.60. The Balaban J connectivity index is 2.00. The molecular formula is C12H26N2S2. The average Bonchev–Trinajstić information content (AvgIpc) is 2.32. The van der Waals surface area contributed by atoms with E-state index in [4.69, 9.17) is 0 Å². The largest absolute Gasteiger partial charge is 0.248 e. The summed E-state index contributed by atoms with van der Waals surface area (Å²) in [5.41, 5.74) is 0. The van der Waals surface area contributed by atoms with Crippen LogP contribution in [0.4, 0.5) is 0 Å². The van der Waals surface area contributed by atoms with Gasteiger partial charge in [-0.05, 0) is 12.8 Å². The van der Waals surface area contributed by atoms with Crippen molar-refractivity contribution >= 4 is 23.9 Å². The van der Waals surface area contributed by atoms with Crippen molar-refractivity contribution in [2.45, 2.75) is 39.5 Å². The molecule has 1 aliphatic heterocycles. The maximum atomic E-state index is 2.55. The molecule has 0 atom stereocenters. The van der Waals surface area contributed by atoms with E-state index in [1.54, 1.807) is 0 Å². The molecule has 1 heterocycles. The second kappa shape index (κ2) is 9.63. The molecule has 0 spiro atoms. The highest BCUT2D eigenvalue weighted by molar-refractivity contribution is 7.97. The first-order valence-electron chi connectivity index (χ1n) is 6.62. The smallest absolute Gasteiger partial charge is 0.0227 e. The van der Waals surface area contributed by atoms with Gasteiger partial charge in [-0.15, -0.1) is 0 Å². The molecule has 1 rings (SSSR count). The summed E-state index contributed by atoms with van der Waals surface area (Å²) in [7, 11) is 0. The number of hydrogen-bond donors (Lipinski definition) is 0. The van der Waals surface area contributed by atoms with Crippen LogP contribution in [-0.2, 0) is 0 Å². The van der Waals surface area contributed by atoms with Crippen LogP contribution in [0.1, 0.15) is 39.5 Å². The fourth-order valence-corrected chi connectivity index (χ4v) is 3.80. The first kappa shape index (κ1) is 14.7. The van der Waals surface area contributed by atoms with Crippen LogP contribution < -0.4 is 0 Å². The molecule has 0 saturated carbocycles. The van der Waals surface area contributed by atoms with Gasteiger partial charge in [0, 0.05) is 37.7 Å². The summed E-state index contributed by atoms with van der Waals surface area (Å²) in [6, 6.07) is 0. The van der Waals surface area contributed by atoms with E-state index in [2.05, 4.69) is 22.5 Å². The predicted molar refractivity (Wildman–Crippen MR) is 77.9 cm³/mol. The van der Waals surface area contributed by atoms with Gasteiger partial charge >= 0.3 is 0 Å². The van der Waals surface area contributed by atoms with Crippen molar-refractivity contribution in [3.63, 3.8) is 0 Å². The van der Waals surface area contributed by atoms with Gasteiger partial charge in [-0.3, -0.25) is 0 Å². The molecule has 0 N–H and O–H groups in total. The molecule has 16 heavy (non-hydrogen) atoms. The summed E-state index contributed by atoms with van der Waals surface area (Å²) in [4.78, 5) is 0. The Morgan fingerprint density at radius 3 is 1.44 bits per heavy atom. The van der Waals surface area contributed by atoms with E-state index in [1.165, 1.54) is 63.4 Å². The number of unbranched alkanes of at least 4 members (excludes halogenated alkanes) is 2. The lowest BCUT2D eigenvalue weighted by atomic mass is 10.4. The second-order valence-electron chi connectivity index (χ2n) is 4.23. The van der Waals surface area contributed by atoms with Crippen molar-refractivity contribution in [1.82, 2.24) is 8.61 Å².